The minimum Gasteiger partial charge on any atom is -0.310 e. The van der Waals surface area contributed by atoms with E-state index in [1.54, 1.807) is 0 Å². The van der Waals surface area contributed by atoms with E-state index >= 15 is 0 Å². The number of hydrogen-bond acceptors (Lipinski definition) is 3. The Labute approximate surface area is 389 Å². The first-order chi connectivity index (χ1) is 33.0. The zero-order valence-electron chi connectivity index (χ0n) is 37.2. The van der Waals surface area contributed by atoms with Crippen LogP contribution >= 0.6 is 0 Å². The minimum atomic E-state index is -0.191. The molecule has 0 saturated heterocycles. The molecule has 4 heteroatoms. The maximum Gasteiger partial charge on any atom is 0.235 e. The first-order valence-corrected chi connectivity index (χ1v) is 23.1. The van der Waals surface area contributed by atoms with Crippen molar-refractivity contribution in [3.63, 3.8) is 0 Å². The fourth-order valence-electron chi connectivity index (χ4n) is 10.7. The van der Waals surface area contributed by atoms with Crippen LogP contribution in [0.3, 0.4) is 0 Å². The van der Waals surface area contributed by atoms with Crippen molar-refractivity contribution in [1.29, 1.82) is 0 Å². The Balaban J connectivity index is 1.07. The molecule has 0 amide bonds. The van der Waals surface area contributed by atoms with Gasteiger partial charge in [0.2, 0.25) is 5.95 Å². The summed E-state index contributed by atoms with van der Waals surface area (Å²) < 4.78 is 2.31. The van der Waals surface area contributed by atoms with E-state index in [0.717, 1.165) is 77.5 Å². The predicted octanol–water partition coefficient (Wildman–Crippen LogP) is 16.7. The van der Waals surface area contributed by atoms with Crippen LogP contribution in [0.1, 0.15) is 25.0 Å². The quantitative estimate of drug-likeness (QED) is 0.160. The highest BCUT2D eigenvalue weighted by Crippen LogP contribution is 2.49. The lowest BCUT2D eigenvalue weighted by atomic mass is 9.70. The van der Waals surface area contributed by atoms with Gasteiger partial charge in [0.05, 0.1) is 27.9 Å². The van der Waals surface area contributed by atoms with Crippen LogP contribution in [-0.4, -0.2) is 14.5 Å². The lowest BCUT2D eigenvalue weighted by Gasteiger charge is -2.34. The number of aromatic nitrogens is 3. The van der Waals surface area contributed by atoms with Crippen LogP contribution in [0.25, 0.3) is 94.1 Å². The molecule has 0 fully saturated rings. The van der Waals surface area contributed by atoms with Gasteiger partial charge in [-0.25, -0.2) is 9.97 Å². The third-order valence-electron chi connectivity index (χ3n) is 14.0. The molecule has 0 spiro atoms. The standard InChI is InChI=1S/C63H44N4/c1-63(2)54-26-15-14-25-51(54)60-59-55(63)27-16-28-56(59)64-62(65-60)67-58-38-35-48(40-53(58)50-36-31-45-23-12-13-24-49(45)61(50)67)66(47-33-29-43(30-34-47)41-17-6-3-7-18-41)57-37-32-46(42-19-8-4-9-20-42)39-52(57)44-21-10-5-11-22-44/h3-40H,1-2H3. The van der Waals surface area contributed by atoms with E-state index in [1.165, 1.54) is 38.8 Å². The van der Waals surface area contributed by atoms with E-state index in [-0.39, 0.29) is 5.41 Å². The van der Waals surface area contributed by atoms with E-state index in [0.29, 0.717) is 5.95 Å². The van der Waals surface area contributed by atoms with E-state index in [2.05, 4.69) is 254 Å². The van der Waals surface area contributed by atoms with Crippen molar-refractivity contribution >= 4 is 60.5 Å². The fourth-order valence-corrected chi connectivity index (χ4v) is 10.7. The Morgan fingerprint density at radius 2 is 1.04 bits per heavy atom. The summed E-state index contributed by atoms with van der Waals surface area (Å²) in [5.41, 5.74) is 17.8. The number of fused-ring (bicyclic) bond motifs is 7. The molecule has 0 radical (unpaired) electrons. The van der Waals surface area contributed by atoms with Crippen LogP contribution in [0.4, 0.5) is 17.1 Å². The Morgan fingerprint density at radius 1 is 0.418 bits per heavy atom. The third kappa shape index (κ3) is 6.21. The summed E-state index contributed by atoms with van der Waals surface area (Å²) in [5.74, 6) is 0.662. The van der Waals surface area contributed by atoms with Gasteiger partial charge in [-0.05, 0) is 92.9 Å². The number of nitrogens with zero attached hydrogens (tertiary/aromatic N) is 4. The average molecular weight is 857 g/mol. The van der Waals surface area contributed by atoms with Crippen molar-refractivity contribution in [1.82, 2.24) is 14.5 Å². The first kappa shape index (κ1) is 38.8. The van der Waals surface area contributed by atoms with Gasteiger partial charge in [-0.3, -0.25) is 4.57 Å². The first-order valence-electron chi connectivity index (χ1n) is 23.1. The van der Waals surface area contributed by atoms with Gasteiger partial charge in [-0.15, -0.1) is 0 Å². The van der Waals surface area contributed by atoms with Gasteiger partial charge in [0.15, 0.2) is 0 Å². The van der Waals surface area contributed by atoms with Gasteiger partial charge in [0, 0.05) is 49.5 Å². The maximum absolute atomic E-state index is 5.59. The predicted molar refractivity (Wildman–Crippen MR) is 280 cm³/mol. The lowest BCUT2D eigenvalue weighted by Crippen LogP contribution is -2.24. The normalized spacial score (nSPS) is 12.7. The summed E-state index contributed by atoms with van der Waals surface area (Å²) in [7, 11) is 0. The molecule has 316 valence electrons. The van der Waals surface area contributed by atoms with Crippen LogP contribution in [0.5, 0.6) is 0 Å². The molecule has 2 heterocycles. The molecule has 1 aliphatic rings. The molecule has 67 heavy (non-hydrogen) atoms. The SMILES string of the molecule is CC1(C)c2ccccc2-c2nc(-n3c4ccc(N(c5ccc(-c6ccccc6)cc5)c5ccc(-c6ccccc6)cc5-c5ccccc5)cc4c4ccc5ccccc5c43)nc3cccc1c23. The molecule has 0 atom stereocenters. The van der Waals surface area contributed by atoms with Crippen molar-refractivity contribution in [2.75, 3.05) is 4.90 Å². The highest BCUT2D eigenvalue weighted by molar-refractivity contribution is 6.19. The third-order valence-corrected chi connectivity index (χ3v) is 14.0. The second-order valence-electron chi connectivity index (χ2n) is 18.2. The Hall–Kier alpha value is -8.60. The monoisotopic (exact) mass is 856 g/mol. The number of rotatable bonds is 7. The van der Waals surface area contributed by atoms with Crippen molar-refractivity contribution in [2.45, 2.75) is 19.3 Å². The molecule has 0 saturated carbocycles. The zero-order valence-corrected chi connectivity index (χ0v) is 37.2. The van der Waals surface area contributed by atoms with Crippen molar-refractivity contribution in [3.05, 3.63) is 242 Å². The van der Waals surface area contributed by atoms with E-state index in [4.69, 9.17) is 9.97 Å². The molecular formula is C63H44N4. The molecule has 13 rings (SSSR count). The molecule has 0 bridgehead atoms. The van der Waals surface area contributed by atoms with Gasteiger partial charge >= 0.3 is 0 Å². The van der Waals surface area contributed by atoms with Gasteiger partial charge < -0.3 is 4.90 Å². The molecule has 2 aromatic heterocycles. The highest BCUT2D eigenvalue weighted by atomic mass is 15.2. The summed E-state index contributed by atoms with van der Waals surface area (Å²) in [6, 6.07) is 83.3. The largest absolute Gasteiger partial charge is 0.310 e. The van der Waals surface area contributed by atoms with Crippen molar-refractivity contribution in [3.8, 4) is 50.6 Å². The van der Waals surface area contributed by atoms with Crippen LogP contribution < -0.4 is 4.90 Å². The summed E-state index contributed by atoms with van der Waals surface area (Å²) in [5, 5.41) is 5.72. The summed E-state index contributed by atoms with van der Waals surface area (Å²) >= 11 is 0. The summed E-state index contributed by atoms with van der Waals surface area (Å²) in [6.07, 6.45) is 0. The number of benzene rings is 10. The molecule has 0 N–H and O–H groups in total. The number of hydrogen-bond donors (Lipinski definition) is 0. The topological polar surface area (TPSA) is 34.0 Å². The molecule has 1 aliphatic carbocycles. The molecule has 10 aromatic carbocycles. The van der Waals surface area contributed by atoms with E-state index in [1.807, 2.05) is 0 Å². The van der Waals surface area contributed by atoms with Crippen LogP contribution in [0, 0.1) is 0 Å². The van der Waals surface area contributed by atoms with Gasteiger partial charge in [-0.2, -0.15) is 0 Å². The molecule has 12 aromatic rings. The Bertz CT molecular complexity index is 3870. The maximum atomic E-state index is 5.59. The minimum absolute atomic E-state index is 0.191. The summed E-state index contributed by atoms with van der Waals surface area (Å²) in [4.78, 5) is 13.5. The van der Waals surface area contributed by atoms with Crippen LogP contribution in [0.15, 0.2) is 231 Å². The van der Waals surface area contributed by atoms with Crippen LogP contribution in [-0.2, 0) is 5.41 Å². The molecule has 0 aliphatic heterocycles. The highest BCUT2D eigenvalue weighted by Gasteiger charge is 2.35. The smallest absolute Gasteiger partial charge is 0.235 e. The molecule has 4 nitrogen and oxygen atoms in total. The Kier molecular flexibility index (Phi) is 8.84. The van der Waals surface area contributed by atoms with Gasteiger partial charge in [0.25, 0.3) is 0 Å². The second kappa shape index (κ2) is 15.3. The van der Waals surface area contributed by atoms with Crippen LogP contribution in [0.2, 0.25) is 0 Å². The van der Waals surface area contributed by atoms with E-state index < -0.39 is 0 Å². The average Bonchev–Trinajstić information content (AvgIpc) is 3.73. The summed E-state index contributed by atoms with van der Waals surface area (Å²) in [6.45, 7) is 4.63. The molecular weight excluding hydrogens is 813 g/mol. The van der Waals surface area contributed by atoms with Gasteiger partial charge in [0.1, 0.15) is 0 Å². The van der Waals surface area contributed by atoms with Gasteiger partial charge in [-0.1, -0.05) is 196 Å². The fraction of sp³-hybridized carbons (Fsp3) is 0.0476. The Morgan fingerprint density at radius 3 is 1.82 bits per heavy atom. The van der Waals surface area contributed by atoms with Crippen molar-refractivity contribution in [2.24, 2.45) is 0 Å². The molecule has 0 unspecified atom stereocenters. The van der Waals surface area contributed by atoms with Crippen molar-refractivity contribution < 1.29 is 0 Å². The zero-order chi connectivity index (χ0) is 44.6. The van der Waals surface area contributed by atoms with E-state index in [9.17, 15) is 0 Å². The second-order valence-corrected chi connectivity index (χ2v) is 18.2. The lowest BCUT2D eigenvalue weighted by molar-refractivity contribution is 0.643. The number of anilines is 3.